The Labute approximate surface area is 182 Å². The quantitative estimate of drug-likeness (QED) is 0.176. The summed E-state index contributed by atoms with van der Waals surface area (Å²) in [6.45, 7) is -0.104. The highest BCUT2D eigenvalue weighted by Gasteiger charge is 2.12. The molecule has 14 heteroatoms. The maximum atomic E-state index is 10.4. The third-order valence-corrected chi connectivity index (χ3v) is 5.56. The average molecular weight is 474 g/mol. The molecule has 10 nitrogen and oxygen atoms in total. The molecule has 0 fully saturated rings. The van der Waals surface area contributed by atoms with Crippen molar-refractivity contribution in [3.05, 3.63) is 50.0 Å². The lowest BCUT2D eigenvalue weighted by molar-refractivity contribution is -0.135. The Morgan fingerprint density at radius 1 is 1.28 bits per heavy atom. The number of carboxylic acids is 1. The number of nitrogens with two attached hydrogens (primary N) is 1. The van der Waals surface area contributed by atoms with Gasteiger partial charge in [0.2, 0.25) is 0 Å². The van der Waals surface area contributed by atoms with E-state index in [9.17, 15) is 4.79 Å². The summed E-state index contributed by atoms with van der Waals surface area (Å²) in [7, 11) is 0. The fraction of sp³-hybridized carbons (Fsp3) is 0.133. The van der Waals surface area contributed by atoms with E-state index in [1.807, 2.05) is 0 Å². The molecular weight excluding hydrogens is 463 g/mol. The van der Waals surface area contributed by atoms with Crippen molar-refractivity contribution in [1.82, 2.24) is 20.0 Å². The van der Waals surface area contributed by atoms with Crippen molar-refractivity contribution >= 4 is 57.9 Å². The molecule has 0 unspecified atom stereocenters. The van der Waals surface area contributed by atoms with Gasteiger partial charge in [0.1, 0.15) is 10.7 Å². The van der Waals surface area contributed by atoms with E-state index in [4.69, 9.17) is 45.6 Å². The summed E-state index contributed by atoms with van der Waals surface area (Å²) in [4.78, 5) is 15.1. The number of carboxylic acid groups (broad SMARTS) is 1. The Morgan fingerprint density at radius 3 is 2.69 bits per heavy atom. The molecule has 0 aliphatic carbocycles. The van der Waals surface area contributed by atoms with Gasteiger partial charge in [-0.2, -0.15) is 5.11 Å². The van der Waals surface area contributed by atoms with Gasteiger partial charge >= 0.3 is 5.97 Å². The van der Waals surface area contributed by atoms with Crippen LogP contribution in [-0.4, -0.2) is 43.4 Å². The van der Waals surface area contributed by atoms with E-state index >= 15 is 0 Å². The molecule has 0 saturated carbocycles. The lowest BCUT2D eigenvalue weighted by Gasteiger charge is -2.05. The van der Waals surface area contributed by atoms with Gasteiger partial charge in [0.15, 0.2) is 12.4 Å². The fourth-order valence-electron chi connectivity index (χ4n) is 2.09. The Morgan fingerprint density at radius 2 is 2.00 bits per heavy atom. The van der Waals surface area contributed by atoms with Gasteiger partial charge < -0.3 is 10.8 Å². The van der Waals surface area contributed by atoms with Crippen LogP contribution in [0.15, 0.2) is 40.0 Å². The van der Waals surface area contributed by atoms with Crippen molar-refractivity contribution < 1.29 is 9.90 Å². The second-order valence-electron chi connectivity index (χ2n) is 5.47. The first-order chi connectivity index (χ1) is 13.8. The number of halogens is 3. The number of thiazole rings is 1. The molecule has 0 radical (unpaired) electrons. The van der Waals surface area contributed by atoms with E-state index in [0.717, 1.165) is 5.56 Å². The smallest absolute Gasteiger partial charge is 0.327 e. The molecule has 3 rings (SSSR count). The number of carbonyl (C=O) groups is 1. The van der Waals surface area contributed by atoms with Gasteiger partial charge in [-0.05, 0) is 22.9 Å². The molecule has 0 spiro atoms. The first-order valence-electron chi connectivity index (χ1n) is 7.75. The number of rotatable bonds is 7. The number of hydrogen-bond acceptors (Lipinski definition) is 7. The standard InChI is InChI=1S/C15H11Cl3N8O2S/c16-8-1-7(2-9(17)13(8)18)5-26-6-10(22-25-26)15-20-3-11(29-15)14(19)23-24-21-4-12(27)28/h1-3,6H,4-5H2,(H,27,28)(H2,19,21,23). The van der Waals surface area contributed by atoms with Crippen LogP contribution in [0.1, 0.15) is 10.4 Å². The highest BCUT2D eigenvalue weighted by atomic mass is 35.5. The van der Waals surface area contributed by atoms with E-state index < -0.39 is 12.5 Å². The van der Waals surface area contributed by atoms with Gasteiger partial charge in [-0.3, -0.25) is 4.79 Å². The molecule has 3 aromatic rings. The Hall–Kier alpha value is -2.60. The summed E-state index contributed by atoms with van der Waals surface area (Å²) >= 11 is 19.3. The minimum Gasteiger partial charge on any atom is -0.480 e. The van der Waals surface area contributed by atoms with E-state index in [0.29, 0.717) is 37.2 Å². The van der Waals surface area contributed by atoms with E-state index in [1.165, 1.54) is 17.5 Å². The van der Waals surface area contributed by atoms with Crippen LogP contribution >= 0.6 is 46.1 Å². The van der Waals surface area contributed by atoms with Gasteiger partial charge in [-0.15, -0.1) is 21.5 Å². The lowest BCUT2D eigenvalue weighted by atomic mass is 10.2. The first kappa shape index (κ1) is 21.1. The maximum absolute atomic E-state index is 10.4. The third-order valence-electron chi connectivity index (χ3n) is 3.33. The second-order valence-corrected chi connectivity index (χ2v) is 7.70. The second kappa shape index (κ2) is 9.27. The molecule has 0 amide bonds. The van der Waals surface area contributed by atoms with Crippen LogP contribution < -0.4 is 5.73 Å². The van der Waals surface area contributed by atoms with Gasteiger partial charge in [0.05, 0.1) is 32.7 Å². The average Bonchev–Trinajstić information content (AvgIpc) is 3.32. The Kier molecular flexibility index (Phi) is 6.75. The van der Waals surface area contributed by atoms with Crippen LogP contribution in [-0.2, 0) is 11.3 Å². The summed E-state index contributed by atoms with van der Waals surface area (Å²) in [6.07, 6.45) is 3.21. The fourth-order valence-corrected chi connectivity index (χ4v) is 3.50. The minimum absolute atomic E-state index is 0.0562. The number of amidine groups is 1. The molecule has 150 valence electrons. The van der Waals surface area contributed by atoms with Crippen LogP contribution in [0.25, 0.3) is 10.7 Å². The van der Waals surface area contributed by atoms with Gasteiger partial charge in [0.25, 0.3) is 0 Å². The third kappa shape index (κ3) is 5.48. The highest BCUT2D eigenvalue weighted by Crippen LogP contribution is 2.31. The van der Waals surface area contributed by atoms with Crippen LogP contribution in [0.4, 0.5) is 0 Å². The Balaban J connectivity index is 1.72. The normalized spacial score (nSPS) is 12.0. The van der Waals surface area contributed by atoms with Crippen molar-refractivity contribution in [2.24, 2.45) is 21.2 Å². The molecule has 0 atom stereocenters. The van der Waals surface area contributed by atoms with Crippen molar-refractivity contribution in [2.75, 3.05) is 6.54 Å². The van der Waals surface area contributed by atoms with Gasteiger partial charge in [0, 0.05) is 6.20 Å². The van der Waals surface area contributed by atoms with E-state index in [1.54, 1.807) is 23.0 Å². The molecule has 0 aliphatic heterocycles. The monoisotopic (exact) mass is 472 g/mol. The summed E-state index contributed by atoms with van der Waals surface area (Å²) in [5, 5.41) is 28.6. The molecule has 0 bridgehead atoms. The lowest BCUT2D eigenvalue weighted by Crippen LogP contribution is -2.10. The molecule has 2 aromatic heterocycles. The summed E-state index contributed by atoms with van der Waals surface area (Å²) in [6, 6.07) is 3.41. The highest BCUT2D eigenvalue weighted by molar-refractivity contribution is 7.16. The van der Waals surface area contributed by atoms with Crippen molar-refractivity contribution in [3.8, 4) is 10.7 Å². The van der Waals surface area contributed by atoms with Crippen LogP contribution in [0.3, 0.4) is 0 Å². The summed E-state index contributed by atoms with van der Waals surface area (Å²) < 4.78 is 1.60. The number of nitrogens with zero attached hydrogens (tertiary/aromatic N) is 7. The molecule has 29 heavy (non-hydrogen) atoms. The largest absolute Gasteiger partial charge is 0.480 e. The summed E-state index contributed by atoms with van der Waals surface area (Å²) in [5.74, 6) is -1.06. The number of aromatic nitrogens is 4. The molecule has 1 aromatic carbocycles. The van der Waals surface area contributed by atoms with Crippen molar-refractivity contribution in [3.63, 3.8) is 0 Å². The van der Waals surface area contributed by atoms with Gasteiger partial charge in [-0.1, -0.05) is 40.0 Å². The topological polar surface area (TPSA) is 144 Å². The zero-order valence-electron chi connectivity index (χ0n) is 14.3. The van der Waals surface area contributed by atoms with Crippen molar-refractivity contribution in [1.29, 1.82) is 0 Å². The minimum atomic E-state index is -1.12. The number of hydrogen-bond donors (Lipinski definition) is 2. The predicted octanol–water partition coefficient (Wildman–Crippen LogP) is 3.57. The van der Waals surface area contributed by atoms with E-state index in [2.05, 4.69) is 30.7 Å². The summed E-state index contributed by atoms with van der Waals surface area (Å²) in [5.41, 5.74) is 7.14. The molecule has 3 N–H and O–H groups in total. The molecule has 0 aliphatic rings. The zero-order valence-corrected chi connectivity index (χ0v) is 17.4. The van der Waals surface area contributed by atoms with Crippen LogP contribution in [0, 0.1) is 0 Å². The number of benzene rings is 1. The maximum Gasteiger partial charge on any atom is 0.327 e. The Bertz CT molecular complexity index is 1090. The first-order valence-corrected chi connectivity index (χ1v) is 9.70. The van der Waals surface area contributed by atoms with Crippen LogP contribution in [0.2, 0.25) is 15.1 Å². The molecule has 2 heterocycles. The number of aliphatic carboxylic acids is 1. The zero-order chi connectivity index (χ0) is 21.0. The molecule has 0 saturated heterocycles. The van der Waals surface area contributed by atoms with Crippen molar-refractivity contribution in [2.45, 2.75) is 6.54 Å². The molecular formula is C15H11Cl3N8O2S. The van der Waals surface area contributed by atoms with E-state index in [-0.39, 0.29) is 5.84 Å². The van der Waals surface area contributed by atoms with Gasteiger partial charge in [-0.25, -0.2) is 9.67 Å². The SMILES string of the molecule is N/C(=N\N=NCC(=O)O)c1cnc(-c2cn(Cc3cc(Cl)c(Cl)c(Cl)c3)nn2)s1. The predicted molar refractivity (Wildman–Crippen MR) is 110 cm³/mol. The van der Waals surface area contributed by atoms with Crippen LogP contribution in [0.5, 0.6) is 0 Å².